The van der Waals surface area contributed by atoms with Crippen LogP contribution in [0.4, 0.5) is 5.69 Å². The van der Waals surface area contributed by atoms with Gasteiger partial charge in [-0.2, -0.15) is 10.1 Å². The molecule has 4 unspecified atom stereocenters. The van der Waals surface area contributed by atoms with E-state index in [1.807, 2.05) is 31.2 Å². The third kappa shape index (κ3) is 2.95. The number of nitro benzene ring substituents is 1. The van der Waals surface area contributed by atoms with E-state index in [4.69, 9.17) is 0 Å². The molecule has 8 nitrogen and oxygen atoms in total. The van der Waals surface area contributed by atoms with Crippen molar-refractivity contribution in [2.75, 3.05) is 0 Å². The van der Waals surface area contributed by atoms with Crippen LogP contribution in [0.3, 0.4) is 0 Å². The van der Waals surface area contributed by atoms with Crippen molar-refractivity contribution in [3.8, 4) is 0 Å². The SMILES string of the molecule is Cc1c(C=NN2C(=O)C3C4C=CC(C4)C3C2=O)c2ccccc2n1Cc1ccc([N+](=O)[O-])cc1. The molecule has 2 heterocycles. The predicted octanol–water partition coefficient (Wildman–Crippen LogP) is 4.05. The number of fused-ring (bicyclic) bond motifs is 6. The van der Waals surface area contributed by atoms with Crippen molar-refractivity contribution in [1.82, 2.24) is 9.58 Å². The highest BCUT2D eigenvalue weighted by Gasteiger charge is 2.59. The Kier molecular flexibility index (Phi) is 4.52. The van der Waals surface area contributed by atoms with E-state index in [1.54, 1.807) is 18.3 Å². The minimum atomic E-state index is -0.411. The molecule has 2 amide bonds. The summed E-state index contributed by atoms with van der Waals surface area (Å²) >= 11 is 0. The fourth-order valence-corrected chi connectivity index (χ4v) is 5.85. The molecule has 3 aliphatic rings. The van der Waals surface area contributed by atoms with Gasteiger partial charge in [-0.05, 0) is 36.8 Å². The number of para-hydroxylation sites is 1. The van der Waals surface area contributed by atoms with Gasteiger partial charge in [0, 0.05) is 40.8 Å². The summed E-state index contributed by atoms with van der Waals surface area (Å²) in [5, 5.41) is 17.4. The monoisotopic (exact) mass is 454 g/mol. The number of nitrogens with zero attached hydrogens (tertiary/aromatic N) is 4. The zero-order valence-electron chi connectivity index (χ0n) is 18.5. The van der Waals surface area contributed by atoms with Gasteiger partial charge in [0.05, 0.1) is 23.0 Å². The summed E-state index contributed by atoms with van der Waals surface area (Å²) in [4.78, 5) is 36.5. The molecule has 2 aliphatic carbocycles. The Morgan fingerprint density at radius 1 is 1.03 bits per heavy atom. The molecular formula is C26H22N4O4. The second kappa shape index (κ2) is 7.48. The lowest BCUT2D eigenvalue weighted by Crippen LogP contribution is -2.28. The summed E-state index contributed by atoms with van der Waals surface area (Å²) in [6, 6.07) is 14.4. The number of carbonyl (C=O) groups excluding carboxylic acids is 2. The number of benzene rings is 2. The number of amides is 2. The van der Waals surface area contributed by atoms with Crippen molar-refractivity contribution in [3.05, 3.63) is 87.6 Å². The van der Waals surface area contributed by atoms with Crippen molar-refractivity contribution in [3.63, 3.8) is 0 Å². The van der Waals surface area contributed by atoms with Gasteiger partial charge in [-0.1, -0.05) is 42.5 Å². The molecule has 6 rings (SSSR count). The Labute approximate surface area is 195 Å². The Bertz CT molecular complexity index is 1390. The lowest BCUT2D eigenvalue weighted by atomic mass is 9.85. The summed E-state index contributed by atoms with van der Waals surface area (Å²) in [5.41, 5.74) is 3.75. The minimum Gasteiger partial charge on any atom is -0.340 e. The average molecular weight is 454 g/mol. The number of carbonyl (C=O) groups is 2. The van der Waals surface area contributed by atoms with Crippen LogP contribution >= 0.6 is 0 Å². The average Bonchev–Trinajstić information content (AvgIpc) is 3.57. The van der Waals surface area contributed by atoms with Gasteiger partial charge in [0.15, 0.2) is 0 Å². The quantitative estimate of drug-likeness (QED) is 0.191. The number of non-ortho nitro benzene ring substituents is 1. The largest absolute Gasteiger partial charge is 0.340 e. The van der Waals surface area contributed by atoms with Crippen LogP contribution in [-0.2, 0) is 16.1 Å². The van der Waals surface area contributed by atoms with Gasteiger partial charge < -0.3 is 4.57 Å². The van der Waals surface area contributed by atoms with Gasteiger partial charge >= 0.3 is 0 Å². The van der Waals surface area contributed by atoms with Crippen LogP contribution in [0.15, 0.2) is 65.8 Å². The molecule has 2 aromatic carbocycles. The molecule has 1 saturated heterocycles. The van der Waals surface area contributed by atoms with Crippen molar-refractivity contribution in [2.24, 2.45) is 28.8 Å². The number of aromatic nitrogens is 1. The lowest BCUT2D eigenvalue weighted by molar-refractivity contribution is -0.384. The zero-order valence-corrected chi connectivity index (χ0v) is 18.5. The number of nitro groups is 1. The molecule has 1 aromatic heterocycles. The van der Waals surface area contributed by atoms with Gasteiger partial charge in [0.25, 0.3) is 17.5 Å². The zero-order chi connectivity index (χ0) is 23.6. The number of hydrogen-bond acceptors (Lipinski definition) is 5. The maximum atomic E-state index is 13.0. The van der Waals surface area contributed by atoms with Crippen LogP contribution in [0.5, 0.6) is 0 Å². The molecule has 3 aromatic rings. The summed E-state index contributed by atoms with van der Waals surface area (Å²) in [6.07, 6.45) is 6.65. The third-order valence-corrected chi connectivity index (χ3v) is 7.52. The maximum absolute atomic E-state index is 13.0. The van der Waals surface area contributed by atoms with E-state index in [2.05, 4.69) is 21.8 Å². The fraction of sp³-hybridized carbons (Fsp3) is 0.269. The standard InChI is InChI=1S/C26H22N4O4/c1-15-21(13-27-29-25(31)23-17-8-9-18(12-17)24(23)26(29)32)20-4-2-3-5-22(20)28(15)14-16-6-10-19(11-7-16)30(33)34/h2-11,13,17-18,23-24H,12,14H2,1H3. The lowest BCUT2D eigenvalue weighted by Gasteiger charge is -2.13. The molecule has 2 bridgehead atoms. The molecule has 8 heteroatoms. The highest BCUT2D eigenvalue weighted by molar-refractivity contribution is 6.08. The van der Waals surface area contributed by atoms with E-state index < -0.39 is 4.92 Å². The van der Waals surface area contributed by atoms with Gasteiger partial charge in [-0.15, -0.1) is 0 Å². The number of allylic oxidation sites excluding steroid dienone is 2. The number of rotatable bonds is 5. The second-order valence-corrected chi connectivity index (χ2v) is 9.26. The summed E-state index contributed by atoms with van der Waals surface area (Å²) in [5.74, 6) is -0.645. The second-order valence-electron chi connectivity index (χ2n) is 9.26. The van der Waals surface area contributed by atoms with Crippen LogP contribution in [-0.4, -0.2) is 32.5 Å². The molecule has 1 aliphatic heterocycles. The smallest absolute Gasteiger partial charge is 0.269 e. The van der Waals surface area contributed by atoms with Gasteiger partial charge in [-0.25, -0.2) is 0 Å². The van der Waals surface area contributed by atoms with E-state index in [-0.39, 0.29) is 41.2 Å². The van der Waals surface area contributed by atoms with Crippen molar-refractivity contribution in [2.45, 2.75) is 19.9 Å². The van der Waals surface area contributed by atoms with E-state index in [0.29, 0.717) is 6.54 Å². The first-order valence-corrected chi connectivity index (χ1v) is 11.4. The van der Waals surface area contributed by atoms with Gasteiger partial charge in [-0.3, -0.25) is 19.7 Å². The molecule has 1 saturated carbocycles. The van der Waals surface area contributed by atoms with Crippen LogP contribution in [0.1, 0.15) is 23.2 Å². The first kappa shape index (κ1) is 20.5. The summed E-state index contributed by atoms with van der Waals surface area (Å²) < 4.78 is 2.12. The predicted molar refractivity (Wildman–Crippen MR) is 126 cm³/mol. The molecule has 4 atom stereocenters. The molecule has 0 N–H and O–H groups in total. The molecule has 170 valence electrons. The minimum absolute atomic E-state index is 0.0546. The van der Waals surface area contributed by atoms with Crippen molar-refractivity contribution >= 4 is 34.6 Å². The Balaban J connectivity index is 1.33. The molecule has 34 heavy (non-hydrogen) atoms. The van der Waals surface area contributed by atoms with E-state index in [0.717, 1.165) is 39.2 Å². The molecule has 0 radical (unpaired) electrons. The molecule has 0 spiro atoms. The summed E-state index contributed by atoms with van der Waals surface area (Å²) in [7, 11) is 0. The van der Waals surface area contributed by atoms with E-state index >= 15 is 0 Å². The first-order chi connectivity index (χ1) is 16.4. The Morgan fingerprint density at radius 2 is 1.68 bits per heavy atom. The van der Waals surface area contributed by atoms with Crippen LogP contribution in [0.25, 0.3) is 10.9 Å². The fourth-order valence-electron chi connectivity index (χ4n) is 5.85. The Hall–Kier alpha value is -4.07. The van der Waals surface area contributed by atoms with E-state index in [9.17, 15) is 19.7 Å². The highest BCUT2D eigenvalue weighted by Crippen LogP contribution is 2.52. The maximum Gasteiger partial charge on any atom is 0.269 e. The van der Waals surface area contributed by atoms with Crippen molar-refractivity contribution in [1.29, 1.82) is 0 Å². The Morgan fingerprint density at radius 3 is 2.32 bits per heavy atom. The first-order valence-electron chi connectivity index (χ1n) is 11.4. The van der Waals surface area contributed by atoms with Crippen LogP contribution in [0.2, 0.25) is 0 Å². The van der Waals surface area contributed by atoms with Crippen LogP contribution < -0.4 is 0 Å². The van der Waals surface area contributed by atoms with Crippen LogP contribution in [0, 0.1) is 40.7 Å². The number of imide groups is 1. The third-order valence-electron chi connectivity index (χ3n) is 7.52. The van der Waals surface area contributed by atoms with Gasteiger partial charge in [0.2, 0.25) is 0 Å². The highest BCUT2D eigenvalue weighted by atomic mass is 16.6. The number of hydrazone groups is 1. The number of hydrogen-bond donors (Lipinski definition) is 0. The molecule has 2 fully saturated rings. The molecular weight excluding hydrogens is 432 g/mol. The van der Waals surface area contributed by atoms with Crippen molar-refractivity contribution < 1.29 is 14.5 Å². The topological polar surface area (TPSA) is 97.8 Å². The summed E-state index contributed by atoms with van der Waals surface area (Å²) in [6.45, 7) is 2.50. The van der Waals surface area contributed by atoms with Gasteiger partial charge in [0.1, 0.15) is 0 Å². The van der Waals surface area contributed by atoms with E-state index in [1.165, 1.54) is 12.1 Å². The normalized spacial score (nSPS) is 25.3.